The predicted octanol–water partition coefficient (Wildman–Crippen LogP) is 4.83. The molecule has 140 valence electrons. The summed E-state index contributed by atoms with van der Waals surface area (Å²) in [5, 5.41) is 0. The zero-order valence-electron chi connectivity index (χ0n) is 16.3. The fraction of sp³-hybridized carbons (Fsp3) is 0.261. The zero-order chi connectivity index (χ0) is 19.7. The minimum atomic E-state index is -0.212. The van der Waals surface area contributed by atoms with E-state index in [1.807, 2.05) is 51.1 Å². The fourth-order valence-electron chi connectivity index (χ4n) is 3.35. The summed E-state index contributed by atoms with van der Waals surface area (Å²) in [6.45, 7) is 14.1. The van der Waals surface area contributed by atoms with Crippen molar-refractivity contribution in [2.24, 2.45) is 0 Å². The Labute approximate surface area is 160 Å². The van der Waals surface area contributed by atoms with Crippen LogP contribution in [-0.4, -0.2) is 19.6 Å². The van der Waals surface area contributed by atoms with Crippen molar-refractivity contribution in [3.05, 3.63) is 77.4 Å². The average Bonchev–Trinajstić information content (AvgIpc) is 2.67. The number of carbonyl (C=O) groups excluding carboxylic acids is 1. The van der Waals surface area contributed by atoms with E-state index in [2.05, 4.69) is 13.2 Å². The standard InChI is InChI=1S/C23H25NO3/c1-7-10-27-20-12-18(9-8-14(20)2)22-17(5)23(25)24(22)19-11-15(3)16(4)21(13-19)26-6/h7-9,11-13,22H,1,5,10H2,2-4,6H3/t22-/m1/s1. The van der Waals surface area contributed by atoms with Crippen LogP contribution in [0.3, 0.4) is 0 Å². The lowest BCUT2D eigenvalue weighted by molar-refractivity contribution is -0.118. The van der Waals surface area contributed by atoms with Gasteiger partial charge in [-0.3, -0.25) is 9.69 Å². The van der Waals surface area contributed by atoms with Crippen LogP contribution >= 0.6 is 0 Å². The maximum Gasteiger partial charge on any atom is 0.256 e. The van der Waals surface area contributed by atoms with Gasteiger partial charge in [0.25, 0.3) is 5.91 Å². The zero-order valence-corrected chi connectivity index (χ0v) is 16.3. The number of anilines is 1. The Morgan fingerprint density at radius 2 is 1.85 bits per heavy atom. The molecule has 0 N–H and O–H groups in total. The van der Waals surface area contributed by atoms with Gasteiger partial charge in [-0.1, -0.05) is 31.4 Å². The summed E-state index contributed by atoms with van der Waals surface area (Å²) in [6.07, 6.45) is 1.71. The van der Waals surface area contributed by atoms with Crippen LogP contribution in [0, 0.1) is 20.8 Å². The molecule has 1 saturated heterocycles. The Kier molecular flexibility index (Phi) is 5.08. The van der Waals surface area contributed by atoms with Crippen LogP contribution in [0.1, 0.15) is 28.3 Å². The van der Waals surface area contributed by atoms with Crippen LogP contribution < -0.4 is 14.4 Å². The molecule has 0 unspecified atom stereocenters. The Hall–Kier alpha value is -3.01. The molecule has 3 rings (SSSR count). The molecular formula is C23H25NO3. The van der Waals surface area contributed by atoms with Crippen LogP contribution in [0.4, 0.5) is 5.69 Å². The number of methoxy groups -OCH3 is 1. The van der Waals surface area contributed by atoms with Gasteiger partial charge in [0.05, 0.1) is 13.2 Å². The van der Waals surface area contributed by atoms with Crippen molar-refractivity contribution in [2.75, 3.05) is 18.6 Å². The molecular weight excluding hydrogens is 338 g/mol. The second kappa shape index (κ2) is 7.31. The van der Waals surface area contributed by atoms with Crippen LogP contribution in [0.2, 0.25) is 0 Å². The summed E-state index contributed by atoms with van der Waals surface area (Å²) in [5.74, 6) is 1.49. The van der Waals surface area contributed by atoms with Gasteiger partial charge in [-0.05, 0) is 55.2 Å². The molecule has 1 heterocycles. The number of β-lactam (4-membered cyclic amide) rings is 1. The second-order valence-electron chi connectivity index (χ2n) is 6.82. The third kappa shape index (κ3) is 3.23. The molecule has 0 bridgehead atoms. The van der Waals surface area contributed by atoms with Crippen LogP contribution in [-0.2, 0) is 4.79 Å². The van der Waals surface area contributed by atoms with E-state index in [0.29, 0.717) is 12.2 Å². The molecule has 0 saturated carbocycles. The number of benzene rings is 2. The first-order chi connectivity index (χ1) is 12.9. The van der Waals surface area contributed by atoms with Gasteiger partial charge in [-0.25, -0.2) is 0 Å². The molecule has 1 amide bonds. The number of hydrogen-bond donors (Lipinski definition) is 0. The number of rotatable bonds is 6. The highest BCUT2D eigenvalue weighted by Gasteiger charge is 2.43. The number of ether oxygens (including phenoxy) is 2. The molecule has 1 aliphatic heterocycles. The SMILES string of the molecule is C=CCOc1cc([C@H]2C(=C)C(=O)N2c2cc(C)c(C)c(OC)c2)ccc1C. The normalized spacial score (nSPS) is 16.1. The molecule has 0 aromatic heterocycles. The quantitative estimate of drug-likeness (QED) is 0.419. The average molecular weight is 363 g/mol. The van der Waals surface area contributed by atoms with Gasteiger partial charge in [0.2, 0.25) is 0 Å². The van der Waals surface area contributed by atoms with Gasteiger partial charge in [0.15, 0.2) is 0 Å². The van der Waals surface area contributed by atoms with Gasteiger partial charge >= 0.3 is 0 Å². The summed E-state index contributed by atoms with van der Waals surface area (Å²) < 4.78 is 11.2. The van der Waals surface area contributed by atoms with Crippen molar-refractivity contribution < 1.29 is 14.3 Å². The summed E-state index contributed by atoms with van der Waals surface area (Å²) in [6, 6.07) is 9.71. The molecule has 4 nitrogen and oxygen atoms in total. The first-order valence-electron chi connectivity index (χ1n) is 8.90. The minimum Gasteiger partial charge on any atom is -0.496 e. The number of aryl methyl sites for hydroxylation is 2. The van der Waals surface area contributed by atoms with E-state index in [4.69, 9.17) is 9.47 Å². The highest BCUT2D eigenvalue weighted by atomic mass is 16.5. The van der Waals surface area contributed by atoms with E-state index in [1.54, 1.807) is 18.1 Å². The lowest BCUT2D eigenvalue weighted by Crippen LogP contribution is -2.48. The topological polar surface area (TPSA) is 38.8 Å². The predicted molar refractivity (Wildman–Crippen MR) is 109 cm³/mol. The van der Waals surface area contributed by atoms with Crippen molar-refractivity contribution in [1.29, 1.82) is 0 Å². The lowest BCUT2D eigenvalue weighted by Gasteiger charge is -2.43. The van der Waals surface area contributed by atoms with E-state index in [-0.39, 0.29) is 11.9 Å². The Bertz CT molecular complexity index is 929. The van der Waals surface area contributed by atoms with Gasteiger partial charge in [0, 0.05) is 17.3 Å². The molecule has 2 aromatic rings. The van der Waals surface area contributed by atoms with Gasteiger partial charge < -0.3 is 9.47 Å². The first-order valence-corrected chi connectivity index (χ1v) is 8.90. The molecule has 0 spiro atoms. The Balaban J connectivity index is 2.01. The van der Waals surface area contributed by atoms with Crippen molar-refractivity contribution in [3.8, 4) is 11.5 Å². The summed E-state index contributed by atoms with van der Waals surface area (Å²) in [4.78, 5) is 14.4. The van der Waals surface area contributed by atoms with Gasteiger partial charge in [0.1, 0.15) is 18.1 Å². The van der Waals surface area contributed by atoms with Gasteiger partial charge in [-0.15, -0.1) is 0 Å². The highest BCUT2D eigenvalue weighted by Crippen LogP contribution is 2.44. The Morgan fingerprint density at radius 1 is 1.11 bits per heavy atom. The molecule has 1 aliphatic rings. The first kappa shape index (κ1) is 18.8. The van der Waals surface area contributed by atoms with Crippen molar-refractivity contribution in [1.82, 2.24) is 0 Å². The lowest BCUT2D eigenvalue weighted by atomic mass is 9.87. The molecule has 1 atom stereocenters. The largest absolute Gasteiger partial charge is 0.496 e. The van der Waals surface area contributed by atoms with E-state index < -0.39 is 0 Å². The molecule has 27 heavy (non-hydrogen) atoms. The fourth-order valence-corrected chi connectivity index (χ4v) is 3.35. The monoisotopic (exact) mass is 363 g/mol. The maximum atomic E-state index is 12.6. The third-order valence-electron chi connectivity index (χ3n) is 5.07. The van der Waals surface area contributed by atoms with E-state index >= 15 is 0 Å². The second-order valence-corrected chi connectivity index (χ2v) is 6.82. The van der Waals surface area contributed by atoms with E-state index in [9.17, 15) is 4.79 Å². The smallest absolute Gasteiger partial charge is 0.256 e. The number of hydrogen-bond acceptors (Lipinski definition) is 3. The van der Waals surface area contributed by atoms with Crippen LogP contribution in [0.5, 0.6) is 11.5 Å². The van der Waals surface area contributed by atoms with E-state index in [0.717, 1.165) is 39.4 Å². The molecule has 1 fully saturated rings. The molecule has 0 radical (unpaired) electrons. The Morgan fingerprint density at radius 3 is 2.52 bits per heavy atom. The number of carbonyl (C=O) groups is 1. The number of amides is 1. The third-order valence-corrected chi connectivity index (χ3v) is 5.07. The number of nitrogens with zero attached hydrogens (tertiary/aromatic N) is 1. The summed E-state index contributed by atoms with van der Waals surface area (Å²) in [7, 11) is 1.64. The molecule has 2 aromatic carbocycles. The van der Waals surface area contributed by atoms with Gasteiger partial charge in [-0.2, -0.15) is 0 Å². The summed E-state index contributed by atoms with van der Waals surface area (Å²) in [5.41, 5.74) is 5.54. The minimum absolute atomic E-state index is 0.0700. The van der Waals surface area contributed by atoms with Crippen LogP contribution in [0.15, 0.2) is 55.1 Å². The highest BCUT2D eigenvalue weighted by molar-refractivity contribution is 6.15. The van der Waals surface area contributed by atoms with Crippen molar-refractivity contribution in [2.45, 2.75) is 26.8 Å². The van der Waals surface area contributed by atoms with E-state index in [1.165, 1.54) is 0 Å². The maximum absolute atomic E-state index is 12.6. The van der Waals surface area contributed by atoms with Crippen molar-refractivity contribution >= 4 is 11.6 Å². The van der Waals surface area contributed by atoms with Crippen LogP contribution in [0.25, 0.3) is 0 Å². The molecule has 4 heteroatoms. The summed E-state index contributed by atoms with van der Waals surface area (Å²) >= 11 is 0. The van der Waals surface area contributed by atoms with Crippen molar-refractivity contribution in [3.63, 3.8) is 0 Å². The molecule has 0 aliphatic carbocycles.